The van der Waals surface area contributed by atoms with Crippen LogP contribution in [0.2, 0.25) is 0 Å². The molecule has 2 fully saturated rings. The van der Waals surface area contributed by atoms with Crippen LogP contribution in [0.5, 0.6) is 0 Å². The first-order chi connectivity index (χ1) is 8.66. The summed E-state index contributed by atoms with van der Waals surface area (Å²) < 4.78 is 0. The van der Waals surface area contributed by atoms with Gasteiger partial charge in [0.25, 0.3) is 0 Å². The smallest absolute Gasteiger partial charge is 0.0192 e. The Hall–Kier alpha value is -0.120. The van der Waals surface area contributed by atoms with Crippen molar-refractivity contribution in [2.45, 2.75) is 51.6 Å². The van der Waals surface area contributed by atoms with Crippen LogP contribution >= 0.6 is 0 Å². The van der Waals surface area contributed by atoms with Gasteiger partial charge in [0, 0.05) is 44.8 Å². The molecule has 0 amide bonds. The minimum Gasteiger partial charge on any atom is -0.312 e. The quantitative estimate of drug-likeness (QED) is 0.824. The molecule has 0 aromatic rings. The van der Waals surface area contributed by atoms with Crippen LogP contribution in [0, 0.1) is 5.92 Å². The van der Waals surface area contributed by atoms with E-state index in [0.717, 1.165) is 12.0 Å². The van der Waals surface area contributed by atoms with Crippen molar-refractivity contribution in [3.8, 4) is 0 Å². The molecule has 1 aliphatic heterocycles. The average Bonchev–Trinajstić information content (AvgIpc) is 2.36. The Kier molecular flexibility index (Phi) is 5.46. The van der Waals surface area contributed by atoms with Crippen molar-refractivity contribution >= 4 is 0 Å². The van der Waals surface area contributed by atoms with Crippen molar-refractivity contribution in [3.63, 3.8) is 0 Å². The molecule has 2 aliphatic rings. The van der Waals surface area contributed by atoms with Gasteiger partial charge >= 0.3 is 0 Å². The fourth-order valence-corrected chi connectivity index (χ4v) is 3.35. The van der Waals surface area contributed by atoms with Crippen molar-refractivity contribution in [2.75, 3.05) is 39.8 Å². The van der Waals surface area contributed by atoms with Crippen molar-refractivity contribution in [3.05, 3.63) is 0 Å². The van der Waals surface area contributed by atoms with Crippen LogP contribution in [0.15, 0.2) is 0 Å². The lowest BCUT2D eigenvalue weighted by molar-refractivity contribution is 0.104. The zero-order valence-corrected chi connectivity index (χ0v) is 12.5. The van der Waals surface area contributed by atoms with E-state index in [2.05, 4.69) is 36.0 Å². The third-order valence-electron chi connectivity index (χ3n) is 4.99. The molecule has 0 bridgehead atoms. The molecular formula is C15H31N3. The van der Waals surface area contributed by atoms with E-state index < -0.39 is 0 Å². The summed E-state index contributed by atoms with van der Waals surface area (Å²) in [6.07, 6.45) is 5.67. The van der Waals surface area contributed by atoms with E-state index in [-0.39, 0.29) is 0 Å². The molecule has 3 heteroatoms. The van der Waals surface area contributed by atoms with E-state index in [1.54, 1.807) is 0 Å². The molecule has 1 aliphatic carbocycles. The molecule has 2 rings (SSSR count). The minimum absolute atomic E-state index is 0.715. The van der Waals surface area contributed by atoms with Gasteiger partial charge < -0.3 is 10.2 Å². The highest BCUT2D eigenvalue weighted by molar-refractivity contribution is 4.80. The van der Waals surface area contributed by atoms with Gasteiger partial charge in [0.1, 0.15) is 0 Å². The Bertz CT molecular complexity index is 244. The van der Waals surface area contributed by atoms with E-state index in [1.807, 2.05) is 0 Å². The van der Waals surface area contributed by atoms with Crippen LogP contribution in [-0.2, 0) is 0 Å². The number of hydrogen-bond acceptors (Lipinski definition) is 3. The lowest BCUT2D eigenvalue weighted by Crippen LogP contribution is -2.52. The van der Waals surface area contributed by atoms with Crippen LogP contribution in [0.1, 0.15) is 39.5 Å². The summed E-state index contributed by atoms with van der Waals surface area (Å²) in [5.74, 6) is 0.880. The van der Waals surface area contributed by atoms with Gasteiger partial charge in [-0.1, -0.05) is 19.8 Å². The van der Waals surface area contributed by atoms with Crippen molar-refractivity contribution < 1.29 is 0 Å². The van der Waals surface area contributed by atoms with E-state index in [1.165, 1.54) is 58.4 Å². The fraction of sp³-hybridized carbons (Fsp3) is 1.00. The summed E-state index contributed by atoms with van der Waals surface area (Å²) in [6, 6.07) is 1.50. The van der Waals surface area contributed by atoms with Crippen LogP contribution in [-0.4, -0.2) is 61.7 Å². The summed E-state index contributed by atoms with van der Waals surface area (Å²) in [5, 5.41) is 3.79. The van der Waals surface area contributed by atoms with Crippen molar-refractivity contribution in [2.24, 2.45) is 5.92 Å². The molecule has 3 unspecified atom stereocenters. The van der Waals surface area contributed by atoms with Crippen molar-refractivity contribution in [1.29, 1.82) is 0 Å². The molecule has 0 radical (unpaired) electrons. The van der Waals surface area contributed by atoms with Crippen LogP contribution in [0.3, 0.4) is 0 Å². The van der Waals surface area contributed by atoms with E-state index in [0.29, 0.717) is 6.04 Å². The molecule has 0 spiro atoms. The van der Waals surface area contributed by atoms with Gasteiger partial charge in [-0.2, -0.15) is 0 Å². The SMILES string of the molecule is CC1CCCCC1NCCN1CCN(C)C(C)C1. The molecule has 18 heavy (non-hydrogen) atoms. The Morgan fingerprint density at radius 2 is 1.89 bits per heavy atom. The first-order valence-corrected chi connectivity index (χ1v) is 7.83. The monoisotopic (exact) mass is 253 g/mol. The number of hydrogen-bond donors (Lipinski definition) is 1. The number of nitrogens with one attached hydrogen (secondary N) is 1. The number of likely N-dealkylation sites (N-methyl/N-ethyl adjacent to an activating group) is 1. The second-order valence-electron chi connectivity index (χ2n) is 6.45. The molecule has 1 saturated carbocycles. The topological polar surface area (TPSA) is 18.5 Å². The normalized spacial score (nSPS) is 35.8. The molecule has 3 atom stereocenters. The number of nitrogens with zero attached hydrogens (tertiary/aromatic N) is 2. The minimum atomic E-state index is 0.715. The highest BCUT2D eigenvalue weighted by Gasteiger charge is 2.22. The number of piperazine rings is 1. The molecule has 0 aromatic heterocycles. The number of rotatable bonds is 4. The largest absolute Gasteiger partial charge is 0.312 e. The Morgan fingerprint density at radius 3 is 2.61 bits per heavy atom. The highest BCUT2D eigenvalue weighted by Crippen LogP contribution is 2.23. The summed E-state index contributed by atoms with van der Waals surface area (Å²) in [5.41, 5.74) is 0. The zero-order chi connectivity index (χ0) is 13.0. The van der Waals surface area contributed by atoms with Gasteiger partial charge in [-0.05, 0) is 32.7 Å². The zero-order valence-electron chi connectivity index (χ0n) is 12.5. The molecular weight excluding hydrogens is 222 g/mol. The first kappa shape index (κ1) is 14.3. The maximum atomic E-state index is 3.79. The molecule has 1 heterocycles. The van der Waals surface area contributed by atoms with E-state index in [9.17, 15) is 0 Å². The van der Waals surface area contributed by atoms with Gasteiger partial charge in [-0.25, -0.2) is 0 Å². The second-order valence-corrected chi connectivity index (χ2v) is 6.45. The van der Waals surface area contributed by atoms with E-state index in [4.69, 9.17) is 0 Å². The van der Waals surface area contributed by atoms with Crippen LogP contribution < -0.4 is 5.32 Å². The van der Waals surface area contributed by atoms with Gasteiger partial charge in [-0.3, -0.25) is 4.90 Å². The lowest BCUT2D eigenvalue weighted by Gasteiger charge is -2.38. The van der Waals surface area contributed by atoms with Crippen molar-refractivity contribution in [1.82, 2.24) is 15.1 Å². The summed E-state index contributed by atoms with van der Waals surface area (Å²) in [4.78, 5) is 5.08. The molecule has 1 N–H and O–H groups in total. The molecule has 106 valence electrons. The summed E-state index contributed by atoms with van der Waals surface area (Å²) in [7, 11) is 2.24. The lowest BCUT2D eigenvalue weighted by atomic mass is 9.86. The Labute approximate surface area is 113 Å². The van der Waals surface area contributed by atoms with Gasteiger partial charge in [0.15, 0.2) is 0 Å². The summed E-state index contributed by atoms with van der Waals surface area (Å²) in [6.45, 7) is 10.8. The Balaban J connectivity index is 1.63. The average molecular weight is 253 g/mol. The van der Waals surface area contributed by atoms with Crippen LogP contribution in [0.4, 0.5) is 0 Å². The molecule has 0 aromatic carbocycles. The molecule has 3 nitrogen and oxygen atoms in total. The predicted octanol–water partition coefficient (Wildman–Crippen LogP) is 1.79. The third-order valence-corrected chi connectivity index (χ3v) is 4.99. The van der Waals surface area contributed by atoms with Gasteiger partial charge in [0.2, 0.25) is 0 Å². The maximum Gasteiger partial charge on any atom is 0.0192 e. The van der Waals surface area contributed by atoms with Gasteiger partial charge in [-0.15, -0.1) is 0 Å². The fourth-order valence-electron chi connectivity index (χ4n) is 3.35. The first-order valence-electron chi connectivity index (χ1n) is 7.83. The summed E-state index contributed by atoms with van der Waals surface area (Å²) >= 11 is 0. The molecule has 1 saturated heterocycles. The highest BCUT2D eigenvalue weighted by atomic mass is 15.3. The Morgan fingerprint density at radius 1 is 1.11 bits per heavy atom. The second kappa shape index (κ2) is 6.88. The van der Waals surface area contributed by atoms with Crippen LogP contribution in [0.25, 0.3) is 0 Å². The van der Waals surface area contributed by atoms with E-state index >= 15 is 0 Å². The van der Waals surface area contributed by atoms with Gasteiger partial charge in [0.05, 0.1) is 0 Å². The maximum absolute atomic E-state index is 3.79. The standard InChI is InChI=1S/C15H31N3/c1-13-6-4-5-7-15(13)16-8-9-18-11-10-17(3)14(2)12-18/h13-16H,4-12H2,1-3H3. The predicted molar refractivity (Wildman–Crippen MR) is 78.0 cm³/mol. The third kappa shape index (κ3) is 3.94.